The van der Waals surface area contributed by atoms with Crippen molar-refractivity contribution in [2.45, 2.75) is 49.2 Å². The van der Waals surface area contributed by atoms with Crippen LogP contribution in [0.2, 0.25) is 0 Å². The van der Waals surface area contributed by atoms with Gasteiger partial charge in [-0.15, -0.1) is 10.2 Å². The summed E-state index contributed by atoms with van der Waals surface area (Å²) < 4.78 is 1.90. The standard InChI is InChI=1S/C12H20N2OS3/c1-5-6-7-16-10-13-14-11(18-10)17-8-9(15)12(2,3)4/h5-8H2,1-4H3. The molecular weight excluding hydrogens is 284 g/mol. The summed E-state index contributed by atoms with van der Waals surface area (Å²) in [7, 11) is 0. The Morgan fingerprint density at radius 2 is 1.83 bits per heavy atom. The van der Waals surface area contributed by atoms with Crippen molar-refractivity contribution in [2.24, 2.45) is 5.41 Å². The van der Waals surface area contributed by atoms with Gasteiger partial charge in [-0.2, -0.15) is 0 Å². The van der Waals surface area contributed by atoms with Gasteiger partial charge < -0.3 is 0 Å². The van der Waals surface area contributed by atoms with Gasteiger partial charge >= 0.3 is 0 Å². The molecule has 0 N–H and O–H groups in total. The normalized spacial score (nSPS) is 11.8. The van der Waals surface area contributed by atoms with Gasteiger partial charge in [0, 0.05) is 11.2 Å². The minimum absolute atomic E-state index is 0.253. The van der Waals surface area contributed by atoms with Crippen molar-refractivity contribution in [1.82, 2.24) is 10.2 Å². The van der Waals surface area contributed by atoms with Gasteiger partial charge in [0.1, 0.15) is 5.78 Å². The molecule has 0 fully saturated rings. The quantitative estimate of drug-likeness (QED) is 0.559. The second kappa shape index (κ2) is 7.50. The predicted octanol–water partition coefficient (Wildman–Crippen LogP) is 4.14. The first-order chi connectivity index (χ1) is 8.43. The first-order valence-electron chi connectivity index (χ1n) is 6.06. The zero-order chi connectivity index (χ0) is 13.6. The third-order valence-corrected chi connectivity index (χ3v) is 5.55. The molecule has 0 radical (unpaired) electrons. The van der Waals surface area contributed by atoms with Gasteiger partial charge in [0.25, 0.3) is 0 Å². The number of unbranched alkanes of at least 4 members (excludes halogenated alkanes) is 1. The monoisotopic (exact) mass is 304 g/mol. The summed E-state index contributed by atoms with van der Waals surface area (Å²) in [6.45, 7) is 8.02. The van der Waals surface area contributed by atoms with Crippen LogP contribution in [0, 0.1) is 5.41 Å². The molecule has 0 saturated heterocycles. The number of carbonyl (C=O) groups excluding carboxylic acids is 1. The Labute approximate surface area is 122 Å². The zero-order valence-electron chi connectivity index (χ0n) is 11.4. The van der Waals surface area contributed by atoms with Crippen molar-refractivity contribution in [3.05, 3.63) is 0 Å². The van der Waals surface area contributed by atoms with E-state index in [0.29, 0.717) is 5.75 Å². The van der Waals surface area contributed by atoms with Gasteiger partial charge in [-0.25, -0.2) is 0 Å². The van der Waals surface area contributed by atoms with Crippen molar-refractivity contribution in [3.63, 3.8) is 0 Å². The fourth-order valence-corrected chi connectivity index (χ4v) is 4.30. The molecule has 1 heterocycles. The van der Waals surface area contributed by atoms with Gasteiger partial charge in [0.15, 0.2) is 8.68 Å². The molecule has 0 amide bonds. The second-order valence-electron chi connectivity index (χ2n) is 5.00. The third kappa shape index (κ3) is 5.71. The molecule has 0 aromatic carbocycles. The average Bonchev–Trinajstić information content (AvgIpc) is 2.73. The summed E-state index contributed by atoms with van der Waals surface area (Å²) in [6.07, 6.45) is 2.41. The Hall–Kier alpha value is -0.0700. The summed E-state index contributed by atoms with van der Waals surface area (Å²) in [5.74, 6) is 1.83. The molecule has 102 valence electrons. The lowest BCUT2D eigenvalue weighted by molar-refractivity contribution is -0.123. The molecule has 0 aliphatic rings. The minimum atomic E-state index is -0.267. The van der Waals surface area contributed by atoms with Crippen molar-refractivity contribution < 1.29 is 4.79 Å². The Kier molecular flexibility index (Phi) is 6.66. The van der Waals surface area contributed by atoms with Crippen LogP contribution < -0.4 is 0 Å². The lowest BCUT2D eigenvalue weighted by Crippen LogP contribution is -2.21. The van der Waals surface area contributed by atoms with E-state index in [1.807, 2.05) is 20.8 Å². The molecule has 0 unspecified atom stereocenters. The van der Waals surface area contributed by atoms with E-state index in [1.165, 1.54) is 24.6 Å². The highest BCUT2D eigenvalue weighted by atomic mass is 32.2. The number of nitrogens with zero attached hydrogens (tertiary/aromatic N) is 2. The largest absolute Gasteiger partial charge is 0.298 e. The summed E-state index contributed by atoms with van der Waals surface area (Å²) in [6, 6.07) is 0. The number of hydrogen-bond donors (Lipinski definition) is 0. The third-order valence-electron chi connectivity index (χ3n) is 2.27. The lowest BCUT2D eigenvalue weighted by atomic mass is 9.92. The number of thioether (sulfide) groups is 2. The maximum absolute atomic E-state index is 11.8. The fourth-order valence-electron chi connectivity index (χ4n) is 0.961. The molecule has 0 bridgehead atoms. The van der Waals surface area contributed by atoms with Crippen LogP contribution in [0.5, 0.6) is 0 Å². The van der Waals surface area contributed by atoms with Gasteiger partial charge in [-0.05, 0) is 6.42 Å². The van der Waals surface area contributed by atoms with E-state index in [0.717, 1.165) is 14.4 Å². The Morgan fingerprint density at radius 1 is 1.22 bits per heavy atom. The molecule has 0 saturated carbocycles. The van der Waals surface area contributed by atoms with Gasteiger partial charge in [-0.1, -0.05) is 69.0 Å². The van der Waals surface area contributed by atoms with E-state index in [1.54, 1.807) is 23.1 Å². The van der Waals surface area contributed by atoms with Crippen LogP contribution in [0.3, 0.4) is 0 Å². The first-order valence-corrected chi connectivity index (χ1v) is 8.84. The Morgan fingerprint density at radius 3 is 2.39 bits per heavy atom. The molecule has 0 spiro atoms. The van der Waals surface area contributed by atoms with E-state index < -0.39 is 0 Å². The molecule has 6 heteroatoms. The van der Waals surface area contributed by atoms with Crippen LogP contribution in [0.15, 0.2) is 8.68 Å². The van der Waals surface area contributed by atoms with Crippen molar-refractivity contribution in [3.8, 4) is 0 Å². The van der Waals surface area contributed by atoms with Gasteiger partial charge in [-0.3, -0.25) is 4.79 Å². The maximum Gasteiger partial charge on any atom is 0.175 e. The zero-order valence-corrected chi connectivity index (χ0v) is 13.8. The van der Waals surface area contributed by atoms with Crippen LogP contribution in [0.4, 0.5) is 0 Å². The van der Waals surface area contributed by atoms with Crippen LogP contribution in [0.1, 0.15) is 40.5 Å². The fraction of sp³-hybridized carbons (Fsp3) is 0.750. The maximum atomic E-state index is 11.8. The molecule has 1 aromatic heterocycles. The number of rotatable bonds is 7. The number of hydrogen-bond acceptors (Lipinski definition) is 6. The van der Waals surface area contributed by atoms with E-state index in [4.69, 9.17) is 0 Å². The Balaban J connectivity index is 2.37. The predicted molar refractivity (Wildman–Crippen MR) is 80.7 cm³/mol. The van der Waals surface area contributed by atoms with Crippen LogP contribution in [0.25, 0.3) is 0 Å². The van der Waals surface area contributed by atoms with E-state index in [-0.39, 0.29) is 11.2 Å². The van der Waals surface area contributed by atoms with Crippen molar-refractivity contribution in [2.75, 3.05) is 11.5 Å². The van der Waals surface area contributed by atoms with Crippen molar-refractivity contribution in [1.29, 1.82) is 0 Å². The van der Waals surface area contributed by atoms with Crippen molar-refractivity contribution >= 4 is 40.6 Å². The average molecular weight is 305 g/mol. The summed E-state index contributed by atoms with van der Waals surface area (Å²) in [5.41, 5.74) is -0.267. The van der Waals surface area contributed by atoms with Gasteiger partial charge in [0.05, 0.1) is 5.75 Å². The number of Topliss-reactive ketones (excluding diaryl/α,β-unsaturated/α-hetero) is 1. The topological polar surface area (TPSA) is 42.9 Å². The van der Waals surface area contributed by atoms with Gasteiger partial charge in [0.2, 0.25) is 0 Å². The Bertz CT molecular complexity index is 385. The molecule has 0 atom stereocenters. The molecule has 1 aromatic rings. The SMILES string of the molecule is CCCCSc1nnc(SCC(=O)C(C)(C)C)s1. The highest BCUT2D eigenvalue weighted by molar-refractivity contribution is 8.03. The molecule has 1 rings (SSSR count). The lowest BCUT2D eigenvalue weighted by Gasteiger charge is -2.15. The second-order valence-corrected chi connectivity index (χ2v) is 8.54. The van der Waals surface area contributed by atoms with Crippen LogP contribution >= 0.6 is 34.9 Å². The highest BCUT2D eigenvalue weighted by Gasteiger charge is 2.21. The molecule has 0 aliphatic heterocycles. The summed E-state index contributed by atoms with van der Waals surface area (Å²) in [5, 5.41) is 8.23. The molecule has 0 aliphatic carbocycles. The highest BCUT2D eigenvalue weighted by Crippen LogP contribution is 2.30. The van der Waals surface area contributed by atoms with E-state index in [2.05, 4.69) is 17.1 Å². The van der Waals surface area contributed by atoms with E-state index >= 15 is 0 Å². The van der Waals surface area contributed by atoms with Crippen LogP contribution in [-0.2, 0) is 4.79 Å². The smallest absolute Gasteiger partial charge is 0.175 e. The summed E-state index contributed by atoms with van der Waals surface area (Å²) >= 11 is 4.84. The number of carbonyl (C=O) groups is 1. The first kappa shape index (κ1) is 16.0. The van der Waals surface area contributed by atoms with Crippen LogP contribution in [-0.4, -0.2) is 27.5 Å². The van der Waals surface area contributed by atoms with E-state index in [9.17, 15) is 4.79 Å². The molecule has 3 nitrogen and oxygen atoms in total. The molecular formula is C12H20N2OS3. The summed E-state index contributed by atoms with van der Waals surface area (Å²) in [4.78, 5) is 11.8. The number of aromatic nitrogens is 2. The minimum Gasteiger partial charge on any atom is -0.298 e. The number of ketones is 1. The molecule has 18 heavy (non-hydrogen) atoms.